The Kier molecular flexibility index (Phi) is 5.27. The minimum atomic E-state index is -3.73. The third-order valence-electron chi connectivity index (χ3n) is 4.86. The highest BCUT2D eigenvalue weighted by Crippen LogP contribution is 2.25. The number of nitrogens with zero attached hydrogens (tertiary/aromatic N) is 3. The molecule has 0 aliphatic rings. The predicted molar refractivity (Wildman–Crippen MR) is 114 cm³/mol. The molecule has 154 valence electrons. The third kappa shape index (κ3) is 3.92. The van der Waals surface area contributed by atoms with Gasteiger partial charge in [-0.3, -0.25) is 0 Å². The Hall–Kier alpha value is -3.23. The van der Waals surface area contributed by atoms with Gasteiger partial charge in [-0.1, -0.05) is 47.1 Å². The van der Waals surface area contributed by atoms with E-state index in [0.717, 1.165) is 27.6 Å². The molecule has 0 N–H and O–H groups in total. The Morgan fingerprint density at radius 3 is 2.43 bits per heavy atom. The highest BCUT2D eigenvalue weighted by molar-refractivity contribution is 7.89. The first kappa shape index (κ1) is 20.1. The van der Waals surface area contributed by atoms with E-state index in [-0.39, 0.29) is 17.3 Å². The summed E-state index contributed by atoms with van der Waals surface area (Å²) in [4.78, 5) is 4.52. The van der Waals surface area contributed by atoms with E-state index in [9.17, 15) is 8.42 Å². The van der Waals surface area contributed by atoms with Crippen molar-refractivity contribution in [1.29, 1.82) is 0 Å². The van der Waals surface area contributed by atoms with Crippen LogP contribution in [0.5, 0.6) is 5.75 Å². The Morgan fingerprint density at radius 1 is 1.00 bits per heavy atom. The van der Waals surface area contributed by atoms with Gasteiger partial charge < -0.3 is 9.26 Å². The maximum Gasteiger partial charge on any atom is 0.243 e. The van der Waals surface area contributed by atoms with Crippen molar-refractivity contribution < 1.29 is 17.7 Å². The van der Waals surface area contributed by atoms with Crippen molar-refractivity contribution in [2.24, 2.45) is 0 Å². The molecule has 0 bridgehead atoms. The van der Waals surface area contributed by atoms with Gasteiger partial charge >= 0.3 is 0 Å². The molecule has 0 radical (unpaired) electrons. The van der Waals surface area contributed by atoms with Gasteiger partial charge in [0.1, 0.15) is 5.75 Å². The van der Waals surface area contributed by atoms with E-state index >= 15 is 0 Å². The topological polar surface area (TPSA) is 85.5 Å². The van der Waals surface area contributed by atoms with Crippen LogP contribution in [-0.2, 0) is 16.6 Å². The second kappa shape index (κ2) is 7.89. The minimum Gasteiger partial charge on any atom is -0.497 e. The molecule has 3 aromatic carbocycles. The van der Waals surface area contributed by atoms with E-state index < -0.39 is 10.0 Å². The number of aryl methyl sites for hydroxylation is 1. The van der Waals surface area contributed by atoms with E-state index in [2.05, 4.69) is 10.1 Å². The maximum absolute atomic E-state index is 13.0. The number of ether oxygens (including phenoxy) is 1. The molecule has 1 heterocycles. The molecule has 0 fully saturated rings. The van der Waals surface area contributed by atoms with Crippen molar-refractivity contribution in [2.75, 3.05) is 14.2 Å². The number of methoxy groups -OCH3 is 1. The number of fused-ring (bicyclic) bond motifs is 1. The van der Waals surface area contributed by atoms with Crippen LogP contribution in [0.1, 0.15) is 11.5 Å². The molecule has 0 amide bonds. The molecule has 30 heavy (non-hydrogen) atoms. The van der Waals surface area contributed by atoms with Gasteiger partial charge in [0.05, 0.1) is 18.6 Å². The number of hydrogen-bond donors (Lipinski definition) is 0. The van der Waals surface area contributed by atoms with Gasteiger partial charge in [0.2, 0.25) is 21.7 Å². The molecular formula is C22H21N3O4S. The van der Waals surface area contributed by atoms with Gasteiger partial charge in [-0.25, -0.2) is 8.42 Å². The summed E-state index contributed by atoms with van der Waals surface area (Å²) in [6, 6.07) is 18.2. The highest BCUT2D eigenvalue weighted by Gasteiger charge is 2.23. The van der Waals surface area contributed by atoms with Crippen LogP contribution in [0.15, 0.2) is 70.1 Å². The van der Waals surface area contributed by atoms with Gasteiger partial charge in [-0.2, -0.15) is 9.29 Å². The van der Waals surface area contributed by atoms with Gasteiger partial charge in [-0.15, -0.1) is 0 Å². The molecule has 0 atom stereocenters. The van der Waals surface area contributed by atoms with Gasteiger partial charge in [0.25, 0.3) is 0 Å². The van der Waals surface area contributed by atoms with E-state index in [1.54, 1.807) is 31.4 Å². The van der Waals surface area contributed by atoms with Crippen molar-refractivity contribution in [1.82, 2.24) is 14.4 Å². The van der Waals surface area contributed by atoms with Gasteiger partial charge in [-0.05, 0) is 42.0 Å². The largest absolute Gasteiger partial charge is 0.497 e. The summed E-state index contributed by atoms with van der Waals surface area (Å²) >= 11 is 0. The van der Waals surface area contributed by atoms with Crippen LogP contribution in [0.3, 0.4) is 0 Å². The molecular weight excluding hydrogens is 402 g/mol. The van der Waals surface area contributed by atoms with Crippen LogP contribution >= 0.6 is 0 Å². The van der Waals surface area contributed by atoms with Crippen molar-refractivity contribution in [3.05, 3.63) is 72.1 Å². The molecule has 4 aromatic rings. The quantitative estimate of drug-likeness (QED) is 0.465. The number of sulfonamides is 1. The second-order valence-electron chi connectivity index (χ2n) is 7.01. The van der Waals surface area contributed by atoms with E-state index in [0.29, 0.717) is 5.82 Å². The summed E-state index contributed by atoms with van der Waals surface area (Å²) in [7, 11) is -0.648. The summed E-state index contributed by atoms with van der Waals surface area (Å²) in [6.07, 6.45) is 0. The zero-order valence-electron chi connectivity index (χ0n) is 16.9. The first-order valence-corrected chi connectivity index (χ1v) is 10.7. The summed E-state index contributed by atoms with van der Waals surface area (Å²) in [5.41, 5.74) is 1.94. The second-order valence-corrected chi connectivity index (χ2v) is 9.06. The Labute approximate surface area is 175 Å². The summed E-state index contributed by atoms with van der Waals surface area (Å²) in [5.74, 6) is 1.37. The standard InChI is InChI=1S/C22H21N3O4S/c1-15-4-6-16(7-5-15)22-23-21(29-24-22)14-25(2)30(26,27)20-11-9-17-12-19(28-3)10-8-18(17)13-20/h4-13H,14H2,1-3H3. The average molecular weight is 423 g/mol. The first-order valence-electron chi connectivity index (χ1n) is 9.30. The normalized spacial score (nSPS) is 11.9. The zero-order chi connectivity index (χ0) is 21.3. The lowest BCUT2D eigenvalue weighted by molar-refractivity contribution is 0.337. The lowest BCUT2D eigenvalue weighted by atomic mass is 10.1. The van der Waals surface area contributed by atoms with Crippen LogP contribution in [-0.4, -0.2) is 37.0 Å². The van der Waals surface area contributed by atoms with E-state index in [1.165, 1.54) is 11.4 Å². The Balaban J connectivity index is 1.56. The molecule has 0 saturated carbocycles. The zero-order valence-corrected chi connectivity index (χ0v) is 17.7. The fraction of sp³-hybridized carbons (Fsp3) is 0.182. The third-order valence-corrected chi connectivity index (χ3v) is 6.66. The number of benzene rings is 3. The number of hydrogen-bond acceptors (Lipinski definition) is 6. The van der Waals surface area contributed by atoms with Crippen molar-refractivity contribution >= 4 is 20.8 Å². The van der Waals surface area contributed by atoms with Crippen LogP contribution in [0, 0.1) is 6.92 Å². The van der Waals surface area contributed by atoms with Crippen LogP contribution < -0.4 is 4.74 Å². The molecule has 4 rings (SSSR count). The lowest BCUT2D eigenvalue weighted by Gasteiger charge is -2.15. The van der Waals surface area contributed by atoms with Crippen molar-refractivity contribution in [2.45, 2.75) is 18.4 Å². The van der Waals surface area contributed by atoms with Crippen molar-refractivity contribution in [3.63, 3.8) is 0 Å². The smallest absolute Gasteiger partial charge is 0.243 e. The molecule has 0 saturated heterocycles. The summed E-state index contributed by atoms with van der Waals surface area (Å²) in [5, 5.41) is 5.67. The first-order chi connectivity index (χ1) is 14.4. The summed E-state index contributed by atoms with van der Waals surface area (Å²) in [6.45, 7) is 1.97. The van der Waals surface area contributed by atoms with Crippen LogP contribution in [0.25, 0.3) is 22.2 Å². The molecule has 0 spiro atoms. The fourth-order valence-corrected chi connectivity index (χ4v) is 4.24. The SMILES string of the molecule is COc1ccc2cc(S(=O)(=O)N(C)Cc3nc(-c4ccc(C)cc4)no3)ccc2c1. The summed E-state index contributed by atoms with van der Waals surface area (Å²) < 4.78 is 37.7. The average Bonchev–Trinajstić information content (AvgIpc) is 3.21. The van der Waals surface area contributed by atoms with Gasteiger partial charge in [0, 0.05) is 12.6 Å². The molecule has 0 aliphatic carbocycles. The fourth-order valence-electron chi connectivity index (χ4n) is 3.08. The van der Waals surface area contributed by atoms with Gasteiger partial charge in [0.15, 0.2) is 0 Å². The van der Waals surface area contributed by atoms with Crippen molar-refractivity contribution in [3.8, 4) is 17.1 Å². The van der Waals surface area contributed by atoms with Crippen LogP contribution in [0.4, 0.5) is 0 Å². The molecule has 0 aliphatic heterocycles. The Bertz CT molecular complexity index is 1300. The molecule has 0 unspecified atom stereocenters. The van der Waals surface area contributed by atoms with E-state index in [1.807, 2.05) is 43.3 Å². The lowest BCUT2D eigenvalue weighted by Crippen LogP contribution is -2.26. The van der Waals surface area contributed by atoms with E-state index in [4.69, 9.17) is 9.26 Å². The predicted octanol–water partition coefficient (Wildman–Crippen LogP) is 4.03. The number of aromatic nitrogens is 2. The molecule has 7 nitrogen and oxygen atoms in total. The highest BCUT2D eigenvalue weighted by atomic mass is 32.2. The Morgan fingerprint density at radius 2 is 1.70 bits per heavy atom. The monoisotopic (exact) mass is 423 g/mol. The van der Waals surface area contributed by atoms with Crippen LogP contribution in [0.2, 0.25) is 0 Å². The number of rotatable bonds is 6. The molecule has 1 aromatic heterocycles. The molecule has 8 heteroatoms. The maximum atomic E-state index is 13.0. The minimum absolute atomic E-state index is 0.0259.